The lowest BCUT2D eigenvalue weighted by atomic mass is 9.96. The summed E-state index contributed by atoms with van der Waals surface area (Å²) in [6.07, 6.45) is 4.36. The van der Waals surface area contributed by atoms with Gasteiger partial charge in [-0.15, -0.1) is 0 Å². The van der Waals surface area contributed by atoms with Crippen LogP contribution in [0.5, 0.6) is 0 Å². The van der Waals surface area contributed by atoms with Gasteiger partial charge in [-0.2, -0.15) is 0 Å². The zero-order valence-electron chi connectivity index (χ0n) is 10.4. The summed E-state index contributed by atoms with van der Waals surface area (Å²) in [6, 6.07) is 7.07. The molecule has 100 valence electrons. The van der Waals surface area contributed by atoms with Gasteiger partial charge in [-0.3, -0.25) is 0 Å². The maximum absolute atomic E-state index is 12.2. The van der Waals surface area contributed by atoms with E-state index in [1.54, 1.807) is 12.1 Å². The molecule has 0 radical (unpaired) electrons. The fraction of sp³-hybridized carbons (Fsp3) is 0.538. The van der Waals surface area contributed by atoms with E-state index < -0.39 is 10.0 Å². The largest absolute Gasteiger partial charge is 0.240 e. The first-order valence-corrected chi connectivity index (χ1v) is 8.95. The highest BCUT2D eigenvalue weighted by Crippen LogP contribution is 2.26. The Balaban J connectivity index is 2.13. The molecule has 1 saturated carbocycles. The summed E-state index contributed by atoms with van der Waals surface area (Å²) in [5.41, 5.74) is 1.07. The number of sulfonamides is 1. The van der Waals surface area contributed by atoms with Crippen LogP contribution >= 0.6 is 22.6 Å². The van der Waals surface area contributed by atoms with E-state index >= 15 is 0 Å². The van der Waals surface area contributed by atoms with Crippen LogP contribution in [-0.2, 0) is 10.0 Å². The maximum Gasteiger partial charge on any atom is 0.240 e. The smallest absolute Gasteiger partial charge is 0.207 e. The standard InChI is InChI=1S/C13H18INO2S/c1-10-6-8-11(9-7-10)18(16,17)15-13-5-3-2-4-12(13)14/h6-9,12-13,15H,2-5H2,1H3/t12-,13-/m1/s1. The predicted octanol–water partition coefficient (Wildman–Crippen LogP) is 3.02. The third-order valence-corrected chi connectivity index (χ3v) is 6.32. The molecular weight excluding hydrogens is 361 g/mol. The molecule has 3 nitrogen and oxygen atoms in total. The molecular formula is C13H18INO2S. The molecule has 2 atom stereocenters. The van der Waals surface area contributed by atoms with Crippen molar-refractivity contribution < 1.29 is 8.42 Å². The molecule has 0 aliphatic heterocycles. The SMILES string of the molecule is Cc1ccc(S(=O)(=O)N[C@@H]2CCCC[C@H]2I)cc1. The van der Waals surface area contributed by atoms with Crippen molar-refractivity contribution >= 4 is 32.6 Å². The molecule has 1 fully saturated rings. The van der Waals surface area contributed by atoms with Crippen LogP contribution in [0.2, 0.25) is 0 Å². The fourth-order valence-electron chi connectivity index (χ4n) is 2.20. The minimum Gasteiger partial charge on any atom is -0.207 e. The van der Waals surface area contributed by atoms with Gasteiger partial charge in [0.05, 0.1) is 4.90 Å². The van der Waals surface area contributed by atoms with Crippen LogP contribution < -0.4 is 4.72 Å². The quantitative estimate of drug-likeness (QED) is 0.648. The van der Waals surface area contributed by atoms with Crippen LogP contribution in [0.4, 0.5) is 0 Å². The summed E-state index contributed by atoms with van der Waals surface area (Å²) < 4.78 is 27.7. The molecule has 18 heavy (non-hydrogen) atoms. The molecule has 0 unspecified atom stereocenters. The molecule has 0 bridgehead atoms. The Morgan fingerprint density at radius 3 is 2.39 bits per heavy atom. The van der Waals surface area contributed by atoms with Gasteiger partial charge in [-0.25, -0.2) is 13.1 Å². The lowest BCUT2D eigenvalue weighted by molar-refractivity contribution is 0.433. The van der Waals surface area contributed by atoms with Crippen molar-refractivity contribution in [1.82, 2.24) is 4.72 Å². The molecule has 1 aromatic rings. The molecule has 2 rings (SSSR count). The number of halogens is 1. The normalized spacial score (nSPS) is 25.0. The summed E-state index contributed by atoms with van der Waals surface area (Å²) in [7, 11) is -3.36. The summed E-state index contributed by atoms with van der Waals surface area (Å²) in [4.78, 5) is 0.363. The molecule has 1 aromatic carbocycles. The van der Waals surface area contributed by atoms with E-state index in [0.717, 1.165) is 24.8 Å². The highest BCUT2D eigenvalue weighted by molar-refractivity contribution is 14.1. The summed E-state index contributed by atoms with van der Waals surface area (Å²) in [5.74, 6) is 0. The number of alkyl halides is 1. The van der Waals surface area contributed by atoms with Crippen molar-refractivity contribution in [2.24, 2.45) is 0 Å². The van der Waals surface area contributed by atoms with Crippen LogP contribution in [0.1, 0.15) is 31.2 Å². The topological polar surface area (TPSA) is 46.2 Å². The van der Waals surface area contributed by atoms with E-state index in [4.69, 9.17) is 0 Å². The van der Waals surface area contributed by atoms with Crippen LogP contribution in [0.3, 0.4) is 0 Å². The van der Waals surface area contributed by atoms with Crippen molar-refractivity contribution in [3.05, 3.63) is 29.8 Å². The van der Waals surface area contributed by atoms with Crippen LogP contribution in [-0.4, -0.2) is 18.4 Å². The Morgan fingerprint density at radius 2 is 1.78 bits per heavy atom. The Bertz CT molecular complexity index is 498. The minimum atomic E-state index is -3.36. The molecule has 5 heteroatoms. The van der Waals surface area contributed by atoms with E-state index in [-0.39, 0.29) is 6.04 Å². The van der Waals surface area contributed by atoms with Crippen LogP contribution in [0.15, 0.2) is 29.2 Å². The number of nitrogens with one attached hydrogen (secondary N) is 1. The Morgan fingerprint density at radius 1 is 1.17 bits per heavy atom. The Kier molecular flexibility index (Phi) is 4.66. The van der Waals surface area contributed by atoms with Gasteiger partial charge in [-0.1, -0.05) is 53.1 Å². The second kappa shape index (κ2) is 5.88. The van der Waals surface area contributed by atoms with Gasteiger partial charge >= 0.3 is 0 Å². The summed E-state index contributed by atoms with van der Waals surface area (Å²) >= 11 is 2.36. The molecule has 1 aliphatic carbocycles. The van der Waals surface area contributed by atoms with Crippen LogP contribution in [0, 0.1) is 6.92 Å². The fourth-order valence-corrected chi connectivity index (χ4v) is 4.74. The first-order chi connectivity index (χ1) is 8.49. The van der Waals surface area contributed by atoms with Crippen LogP contribution in [0.25, 0.3) is 0 Å². The van der Waals surface area contributed by atoms with E-state index in [9.17, 15) is 8.42 Å². The zero-order chi connectivity index (χ0) is 13.2. The van der Waals surface area contributed by atoms with Crippen molar-refractivity contribution in [1.29, 1.82) is 0 Å². The van der Waals surface area contributed by atoms with E-state index in [1.165, 1.54) is 6.42 Å². The second-order valence-corrected chi connectivity index (χ2v) is 8.16. The third kappa shape index (κ3) is 3.45. The minimum absolute atomic E-state index is 0.0747. The van der Waals surface area contributed by atoms with Gasteiger partial charge in [0, 0.05) is 9.97 Å². The van der Waals surface area contributed by atoms with Gasteiger partial charge in [0.15, 0.2) is 0 Å². The number of rotatable bonds is 3. The molecule has 0 heterocycles. The first kappa shape index (κ1) is 14.3. The molecule has 0 aromatic heterocycles. The van der Waals surface area contributed by atoms with Gasteiger partial charge < -0.3 is 0 Å². The van der Waals surface area contributed by atoms with Crippen molar-refractivity contribution in [3.63, 3.8) is 0 Å². The lowest BCUT2D eigenvalue weighted by Gasteiger charge is -2.27. The highest BCUT2D eigenvalue weighted by atomic mass is 127. The van der Waals surface area contributed by atoms with Crippen molar-refractivity contribution in [2.45, 2.75) is 47.5 Å². The monoisotopic (exact) mass is 379 g/mol. The lowest BCUT2D eigenvalue weighted by Crippen LogP contribution is -2.42. The zero-order valence-corrected chi connectivity index (χ0v) is 13.4. The van der Waals surface area contributed by atoms with Gasteiger partial charge in [0.2, 0.25) is 10.0 Å². The molecule has 0 amide bonds. The molecule has 1 aliphatic rings. The Labute approximate surface area is 123 Å². The van der Waals surface area contributed by atoms with Crippen molar-refractivity contribution in [3.8, 4) is 0 Å². The van der Waals surface area contributed by atoms with Gasteiger partial charge in [-0.05, 0) is 31.9 Å². The van der Waals surface area contributed by atoms with E-state index in [2.05, 4.69) is 27.3 Å². The average molecular weight is 379 g/mol. The van der Waals surface area contributed by atoms with E-state index in [0.29, 0.717) is 8.82 Å². The number of hydrogen-bond acceptors (Lipinski definition) is 2. The Hall–Kier alpha value is -0.140. The molecule has 0 spiro atoms. The third-order valence-electron chi connectivity index (χ3n) is 3.32. The molecule has 0 saturated heterocycles. The second-order valence-electron chi connectivity index (χ2n) is 4.84. The average Bonchev–Trinajstić information content (AvgIpc) is 2.32. The predicted molar refractivity (Wildman–Crippen MR) is 81.6 cm³/mol. The van der Waals surface area contributed by atoms with Crippen molar-refractivity contribution in [2.75, 3.05) is 0 Å². The van der Waals surface area contributed by atoms with Gasteiger partial charge in [0.1, 0.15) is 0 Å². The van der Waals surface area contributed by atoms with Gasteiger partial charge in [0.25, 0.3) is 0 Å². The van der Waals surface area contributed by atoms with E-state index in [1.807, 2.05) is 19.1 Å². The molecule has 1 N–H and O–H groups in total. The number of benzene rings is 1. The summed E-state index contributed by atoms with van der Waals surface area (Å²) in [6.45, 7) is 1.95. The summed E-state index contributed by atoms with van der Waals surface area (Å²) in [5, 5.41) is 0. The number of hydrogen-bond donors (Lipinski definition) is 1. The number of aryl methyl sites for hydroxylation is 1. The highest BCUT2D eigenvalue weighted by Gasteiger charge is 2.27. The maximum atomic E-state index is 12.2. The first-order valence-electron chi connectivity index (χ1n) is 6.22.